The minimum atomic E-state index is -0.432. The van der Waals surface area contributed by atoms with Crippen LogP contribution in [-0.2, 0) is 28.0 Å². The summed E-state index contributed by atoms with van der Waals surface area (Å²) in [4.78, 5) is 66.3. The first-order valence-corrected chi connectivity index (χ1v) is 20.9. The number of piperidine rings is 2. The number of fused-ring (bicyclic) bond motifs is 1. The molecule has 3 aromatic heterocycles. The topological polar surface area (TPSA) is 181 Å². The Balaban J connectivity index is 0.836. The molecule has 9 rings (SSSR count). The standard InChI is InChI=1S/C42H48ClN11O6/c1-24-21-53(42-45-20-30(43)39(48-42)46-27-17-26-18-33(60-23-35(56)44-2)41(58)54-15-16-59-32(19-27)37(26)54)10-9-25(24)22-51-11-13-52(14-12-51)31-6-4-5-28-36(49-50(3)38(28)31)29-7-8-34(55)47-40(29)57/h4-6,17-20,24-25,29H,7-16,21-23H2,1-3H3,(H,44,56)(H,45,46,48)(H,47,55,57). The average molecular weight is 838 g/mol. The van der Waals surface area contributed by atoms with Crippen molar-refractivity contribution in [1.82, 2.24) is 39.8 Å². The fourth-order valence-electron chi connectivity index (χ4n) is 9.12. The number of ether oxygens (including phenoxy) is 2. The number of hydrogen-bond acceptors (Lipinski definition) is 13. The number of imide groups is 1. The van der Waals surface area contributed by atoms with Crippen LogP contribution in [0.25, 0.3) is 21.8 Å². The van der Waals surface area contributed by atoms with Crippen molar-refractivity contribution < 1.29 is 23.9 Å². The molecule has 3 atom stereocenters. The van der Waals surface area contributed by atoms with Gasteiger partial charge in [0.15, 0.2) is 18.2 Å². The zero-order valence-electron chi connectivity index (χ0n) is 33.9. The highest BCUT2D eigenvalue weighted by molar-refractivity contribution is 6.33. The Kier molecular flexibility index (Phi) is 10.7. The first-order valence-electron chi connectivity index (χ1n) is 20.5. The third kappa shape index (κ3) is 7.55. The van der Waals surface area contributed by atoms with Gasteiger partial charge in [-0.2, -0.15) is 10.1 Å². The van der Waals surface area contributed by atoms with Crippen molar-refractivity contribution in [3.05, 3.63) is 63.7 Å². The van der Waals surface area contributed by atoms with Gasteiger partial charge < -0.3 is 29.9 Å². The molecule has 3 fully saturated rings. The summed E-state index contributed by atoms with van der Waals surface area (Å²) in [6.45, 7) is 9.02. The molecule has 0 spiro atoms. The fraction of sp³-hybridized carbons (Fsp3) is 0.452. The van der Waals surface area contributed by atoms with Crippen LogP contribution in [0.4, 0.5) is 23.1 Å². The number of benzene rings is 2. The van der Waals surface area contributed by atoms with E-state index in [0.717, 1.165) is 74.5 Å². The molecule has 314 valence electrons. The quantitative estimate of drug-likeness (QED) is 0.175. The molecule has 3 amide bonds. The summed E-state index contributed by atoms with van der Waals surface area (Å²) in [7, 11) is 3.44. The Hall–Kier alpha value is -5.94. The number of nitrogens with one attached hydrogen (secondary N) is 3. The fourth-order valence-corrected chi connectivity index (χ4v) is 9.26. The maximum Gasteiger partial charge on any atom is 0.293 e. The van der Waals surface area contributed by atoms with Crippen LogP contribution in [0.5, 0.6) is 11.5 Å². The van der Waals surface area contributed by atoms with Crippen molar-refractivity contribution in [2.45, 2.75) is 38.6 Å². The Bertz CT molecular complexity index is 2570. The van der Waals surface area contributed by atoms with Crippen LogP contribution < -0.4 is 40.8 Å². The van der Waals surface area contributed by atoms with Gasteiger partial charge in [0.1, 0.15) is 17.4 Å². The number of halogens is 1. The Morgan fingerprint density at radius 1 is 1.03 bits per heavy atom. The number of pyridine rings is 1. The molecule has 4 aliphatic rings. The molecule has 18 heteroatoms. The average Bonchev–Trinajstić information content (AvgIpc) is 3.58. The summed E-state index contributed by atoms with van der Waals surface area (Å²) >= 11 is 6.65. The summed E-state index contributed by atoms with van der Waals surface area (Å²) in [5.41, 5.74) is 3.87. The molecular weight excluding hydrogens is 790 g/mol. The molecule has 60 heavy (non-hydrogen) atoms. The van der Waals surface area contributed by atoms with E-state index in [2.05, 4.69) is 48.6 Å². The zero-order valence-corrected chi connectivity index (χ0v) is 34.6. The van der Waals surface area contributed by atoms with E-state index in [-0.39, 0.29) is 35.6 Å². The molecule has 0 bridgehead atoms. The number of aromatic nitrogens is 5. The highest BCUT2D eigenvalue weighted by Crippen LogP contribution is 2.37. The van der Waals surface area contributed by atoms with Gasteiger partial charge >= 0.3 is 0 Å². The number of carbonyl (C=O) groups excluding carboxylic acids is 3. The van der Waals surface area contributed by atoms with Crippen LogP contribution >= 0.6 is 11.6 Å². The number of hydrogen-bond donors (Lipinski definition) is 3. The molecule has 0 saturated carbocycles. The second-order valence-corrected chi connectivity index (χ2v) is 16.5. The zero-order chi connectivity index (χ0) is 41.7. The summed E-state index contributed by atoms with van der Waals surface area (Å²) in [5, 5.41) is 15.2. The van der Waals surface area contributed by atoms with E-state index in [9.17, 15) is 19.2 Å². The summed E-state index contributed by atoms with van der Waals surface area (Å²) in [6.07, 6.45) is 3.42. The van der Waals surface area contributed by atoms with E-state index < -0.39 is 5.92 Å². The lowest BCUT2D eigenvalue weighted by Crippen LogP contribution is -2.50. The van der Waals surface area contributed by atoms with Gasteiger partial charge in [0, 0.05) is 88.9 Å². The second-order valence-electron chi connectivity index (χ2n) is 16.1. The number of aryl methyl sites for hydroxylation is 1. The van der Waals surface area contributed by atoms with E-state index >= 15 is 0 Å². The largest absolute Gasteiger partial charge is 0.489 e. The first-order chi connectivity index (χ1) is 29.0. The maximum absolute atomic E-state index is 13.2. The lowest BCUT2D eigenvalue weighted by Gasteiger charge is -2.42. The van der Waals surface area contributed by atoms with Crippen LogP contribution in [0.15, 0.2) is 47.4 Å². The molecular formula is C42H48ClN11O6. The minimum Gasteiger partial charge on any atom is -0.489 e. The normalized spacial score (nSPS) is 20.9. The van der Waals surface area contributed by atoms with Gasteiger partial charge in [0.2, 0.25) is 17.8 Å². The van der Waals surface area contributed by atoms with E-state index in [1.807, 2.05) is 36.0 Å². The lowest BCUT2D eigenvalue weighted by molar-refractivity contribution is -0.134. The molecule has 4 aliphatic heterocycles. The number of amides is 3. The molecule has 3 N–H and O–H groups in total. The summed E-state index contributed by atoms with van der Waals surface area (Å²) in [5.74, 6) is 1.35. The monoisotopic (exact) mass is 837 g/mol. The third-order valence-corrected chi connectivity index (χ3v) is 12.6. The SMILES string of the molecule is CNC(=O)COc1cc2cc(Nc3nc(N4CCC(CN5CCN(c6cccc7c(C8CCC(=O)NC8=O)nn(C)c67)CC5)C(C)C4)ncc3Cl)cc3c2n(c1=O)CCO3. The molecule has 7 heterocycles. The highest BCUT2D eigenvalue weighted by atomic mass is 35.5. The smallest absolute Gasteiger partial charge is 0.293 e. The maximum atomic E-state index is 13.2. The summed E-state index contributed by atoms with van der Waals surface area (Å²) < 4.78 is 15.1. The number of anilines is 4. The van der Waals surface area contributed by atoms with Gasteiger partial charge in [-0.25, -0.2) is 4.98 Å². The van der Waals surface area contributed by atoms with Gasteiger partial charge in [-0.05, 0) is 42.9 Å². The van der Waals surface area contributed by atoms with Crippen molar-refractivity contribution in [2.24, 2.45) is 18.9 Å². The van der Waals surface area contributed by atoms with E-state index in [0.29, 0.717) is 77.0 Å². The van der Waals surface area contributed by atoms with Crippen LogP contribution in [0.3, 0.4) is 0 Å². The van der Waals surface area contributed by atoms with Crippen LogP contribution in [0.2, 0.25) is 5.02 Å². The van der Waals surface area contributed by atoms with E-state index in [1.165, 1.54) is 7.05 Å². The Labute approximate surface area is 350 Å². The lowest BCUT2D eigenvalue weighted by atomic mass is 9.86. The van der Waals surface area contributed by atoms with Crippen molar-refractivity contribution in [1.29, 1.82) is 0 Å². The van der Waals surface area contributed by atoms with Crippen LogP contribution in [-0.4, -0.2) is 113 Å². The second kappa shape index (κ2) is 16.3. The minimum absolute atomic E-state index is 0.0836. The molecule has 17 nitrogen and oxygen atoms in total. The number of likely N-dealkylation sites (N-methyl/N-ethyl adjacent to an activating group) is 1. The summed E-state index contributed by atoms with van der Waals surface area (Å²) in [6, 6.07) is 11.5. The Morgan fingerprint density at radius 2 is 1.87 bits per heavy atom. The van der Waals surface area contributed by atoms with Crippen molar-refractivity contribution in [2.75, 3.05) is 81.2 Å². The number of para-hydroxylation sites is 1. The number of rotatable bonds is 10. The molecule has 3 saturated heterocycles. The van der Waals surface area contributed by atoms with Crippen molar-refractivity contribution >= 4 is 74.3 Å². The van der Waals surface area contributed by atoms with Gasteiger partial charge in [-0.3, -0.25) is 38.6 Å². The molecule has 2 aromatic carbocycles. The van der Waals surface area contributed by atoms with Gasteiger partial charge in [-0.1, -0.05) is 30.7 Å². The van der Waals surface area contributed by atoms with E-state index in [1.54, 1.807) is 16.8 Å². The molecule has 5 aromatic rings. The van der Waals surface area contributed by atoms with Crippen molar-refractivity contribution in [3.8, 4) is 11.5 Å². The first kappa shape index (κ1) is 39.5. The number of piperazine rings is 1. The third-order valence-electron chi connectivity index (χ3n) is 12.3. The predicted octanol–water partition coefficient (Wildman–Crippen LogP) is 3.40. The number of nitrogens with zero attached hydrogens (tertiary/aromatic N) is 8. The van der Waals surface area contributed by atoms with Gasteiger partial charge in [0.05, 0.1) is 41.1 Å². The predicted molar refractivity (Wildman–Crippen MR) is 228 cm³/mol. The molecule has 0 radical (unpaired) electrons. The van der Waals surface area contributed by atoms with Crippen LogP contribution in [0.1, 0.15) is 37.8 Å². The van der Waals surface area contributed by atoms with Crippen molar-refractivity contribution in [3.63, 3.8) is 0 Å². The molecule has 0 aliphatic carbocycles. The van der Waals surface area contributed by atoms with Gasteiger partial charge in [0.25, 0.3) is 11.5 Å². The highest BCUT2D eigenvalue weighted by Gasteiger charge is 2.34. The Morgan fingerprint density at radius 3 is 2.65 bits per heavy atom. The number of carbonyl (C=O) groups is 3. The molecule has 3 unspecified atom stereocenters. The van der Waals surface area contributed by atoms with E-state index in [4.69, 9.17) is 31.2 Å². The van der Waals surface area contributed by atoms with Gasteiger partial charge in [-0.15, -0.1) is 0 Å². The van der Waals surface area contributed by atoms with Crippen LogP contribution in [0, 0.1) is 11.8 Å².